The first kappa shape index (κ1) is 20.4. The molecule has 31 heavy (non-hydrogen) atoms. The first-order valence-corrected chi connectivity index (χ1v) is 10.8. The molecule has 0 amide bonds. The summed E-state index contributed by atoms with van der Waals surface area (Å²) in [6.45, 7) is 2.55. The molecule has 0 saturated carbocycles. The molecule has 2 fully saturated rings. The van der Waals surface area contributed by atoms with Crippen molar-refractivity contribution < 1.29 is 9.13 Å². The van der Waals surface area contributed by atoms with Crippen molar-refractivity contribution in [1.29, 1.82) is 5.26 Å². The molecule has 1 aliphatic carbocycles. The number of nitrogens with one attached hydrogen (secondary N) is 1. The molecule has 5 rings (SSSR count). The van der Waals surface area contributed by atoms with Crippen LogP contribution in [0.15, 0.2) is 12.3 Å². The minimum atomic E-state index is -1.04. The van der Waals surface area contributed by atoms with Gasteiger partial charge in [-0.05, 0) is 6.42 Å². The highest BCUT2D eigenvalue weighted by Crippen LogP contribution is 2.33. The van der Waals surface area contributed by atoms with E-state index in [1.54, 1.807) is 17.9 Å². The second-order valence-corrected chi connectivity index (χ2v) is 8.49. The van der Waals surface area contributed by atoms with Gasteiger partial charge in [-0.15, -0.1) is 0 Å². The van der Waals surface area contributed by atoms with Crippen LogP contribution in [0.3, 0.4) is 0 Å². The van der Waals surface area contributed by atoms with Crippen LogP contribution in [0, 0.1) is 11.3 Å². The number of hydrogen-bond donors (Lipinski definition) is 1. The van der Waals surface area contributed by atoms with E-state index in [2.05, 4.69) is 31.4 Å². The van der Waals surface area contributed by atoms with E-state index in [9.17, 15) is 9.65 Å². The Balaban J connectivity index is 1.34. The van der Waals surface area contributed by atoms with Gasteiger partial charge in [0.15, 0.2) is 0 Å². The van der Waals surface area contributed by atoms with Crippen LogP contribution in [-0.4, -0.2) is 70.2 Å². The highest BCUT2D eigenvalue weighted by atomic mass is 35.5. The Labute approximate surface area is 184 Å². The molecule has 3 aliphatic rings. The molecule has 0 unspecified atom stereocenters. The number of nitrogens with zero attached hydrogens (tertiary/aromatic N) is 6. The number of piperidine rings is 1. The molecule has 0 aromatic carbocycles. The number of anilines is 1. The third kappa shape index (κ3) is 3.59. The summed E-state index contributed by atoms with van der Waals surface area (Å²) in [7, 11) is 1.77. The molecule has 0 spiro atoms. The van der Waals surface area contributed by atoms with Crippen molar-refractivity contribution in [2.24, 2.45) is 0 Å². The summed E-state index contributed by atoms with van der Waals surface area (Å²) in [5, 5.41) is 17.2. The van der Waals surface area contributed by atoms with E-state index in [-0.39, 0.29) is 6.04 Å². The highest BCUT2D eigenvalue weighted by Gasteiger charge is 2.37. The predicted octanol–water partition coefficient (Wildman–Crippen LogP) is 2.41. The minimum Gasteiger partial charge on any atom is -0.378 e. The summed E-state index contributed by atoms with van der Waals surface area (Å²) < 4.78 is 21.8. The number of allylic oxidation sites excluding steroid dienone is 2. The van der Waals surface area contributed by atoms with E-state index in [0.29, 0.717) is 67.4 Å². The molecule has 4 heterocycles. The van der Waals surface area contributed by atoms with Crippen molar-refractivity contribution in [1.82, 2.24) is 24.6 Å². The lowest BCUT2D eigenvalue weighted by Crippen LogP contribution is -2.55. The van der Waals surface area contributed by atoms with E-state index in [0.717, 1.165) is 23.4 Å². The normalized spacial score (nSPS) is 23.7. The number of hydrogen-bond acceptors (Lipinski definition) is 7. The third-order valence-electron chi connectivity index (χ3n) is 6.30. The fourth-order valence-corrected chi connectivity index (χ4v) is 4.80. The van der Waals surface area contributed by atoms with E-state index < -0.39 is 6.17 Å². The smallest absolute Gasteiger partial charge is 0.138 e. The quantitative estimate of drug-likeness (QED) is 0.758. The summed E-state index contributed by atoms with van der Waals surface area (Å²) in [5.41, 5.74) is 2.94. The Kier molecular flexibility index (Phi) is 5.38. The molecular weight excluding hydrogens is 421 g/mol. The lowest BCUT2D eigenvalue weighted by Gasteiger charge is -2.42. The lowest BCUT2D eigenvalue weighted by atomic mass is 10.0. The fraction of sp³-hybridized carbons (Fsp3) is 0.524. The average Bonchev–Trinajstić information content (AvgIpc) is 3.30. The SMILES string of the molecule is CNc1nc(Cc2cnn([C@H]3CCN(C4COC4)C[C@@H]3F)c2Cl)nc2c1C(C#N)=CC2. The molecule has 8 nitrogen and oxygen atoms in total. The molecule has 1 N–H and O–H groups in total. The average molecular weight is 444 g/mol. The molecular formula is C21H23ClFN7O. The molecule has 2 atom stereocenters. The van der Waals surface area contributed by atoms with E-state index >= 15 is 0 Å². The number of halogens is 2. The van der Waals surface area contributed by atoms with E-state index in [4.69, 9.17) is 16.3 Å². The molecule has 2 aliphatic heterocycles. The second kappa shape index (κ2) is 8.19. The first-order valence-electron chi connectivity index (χ1n) is 10.4. The molecule has 0 radical (unpaired) electrons. The number of fused-ring (bicyclic) bond motifs is 1. The van der Waals surface area contributed by atoms with Gasteiger partial charge in [-0.1, -0.05) is 17.7 Å². The van der Waals surface area contributed by atoms with Gasteiger partial charge < -0.3 is 10.1 Å². The monoisotopic (exact) mass is 443 g/mol. The van der Waals surface area contributed by atoms with Crippen LogP contribution >= 0.6 is 11.6 Å². The van der Waals surface area contributed by atoms with Crippen LogP contribution in [-0.2, 0) is 17.6 Å². The van der Waals surface area contributed by atoms with Crippen LogP contribution in [0.1, 0.15) is 35.1 Å². The summed E-state index contributed by atoms with van der Waals surface area (Å²) >= 11 is 6.62. The Morgan fingerprint density at radius 3 is 2.90 bits per heavy atom. The lowest BCUT2D eigenvalue weighted by molar-refractivity contribution is -0.0847. The summed E-state index contributed by atoms with van der Waals surface area (Å²) in [6, 6.07) is 2.15. The van der Waals surface area contributed by atoms with Gasteiger partial charge in [0, 0.05) is 38.5 Å². The molecule has 0 bridgehead atoms. The molecule has 2 aromatic rings. The van der Waals surface area contributed by atoms with Crippen molar-refractivity contribution in [2.75, 3.05) is 38.7 Å². The van der Waals surface area contributed by atoms with E-state index in [1.807, 2.05) is 6.08 Å². The van der Waals surface area contributed by atoms with Gasteiger partial charge in [0.25, 0.3) is 0 Å². The molecule has 2 aromatic heterocycles. The van der Waals surface area contributed by atoms with Crippen molar-refractivity contribution in [3.8, 4) is 6.07 Å². The number of aromatic nitrogens is 4. The van der Waals surface area contributed by atoms with Gasteiger partial charge in [0.1, 0.15) is 23.0 Å². The van der Waals surface area contributed by atoms with Gasteiger partial charge >= 0.3 is 0 Å². The Bertz CT molecular complexity index is 1070. The van der Waals surface area contributed by atoms with Crippen LogP contribution in [0.2, 0.25) is 5.15 Å². The molecule has 162 valence electrons. The van der Waals surface area contributed by atoms with Gasteiger partial charge in [0.2, 0.25) is 0 Å². The zero-order chi connectivity index (χ0) is 21.5. The number of rotatable bonds is 5. The maximum atomic E-state index is 15.0. The first-order chi connectivity index (χ1) is 15.1. The van der Waals surface area contributed by atoms with Crippen LogP contribution < -0.4 is 5.32 Å². The summed E-state index contributed by atoms with van der Waals surface area (Å²) in [5.74, 6) is 1.22. The largest absolute Gasteiger partial charge is 0.378 e. The van der Waals surface area contributed by atoms with Crippen molar-refractivity contribution in [3.63, 3.8) is 0 Å². The minimum absolute atomic E-state index is 0.331. The topological polar surface area (TPSA) is 91.9 Å². The second-order valence-electron chi connectivity index (χ2n) is 8.13. The number of likely N-dealkylation sites (tertiary alicyclic amines) is 1. The summed E-state index contributed by atoms with van der Waals surface area (Å²) in [4.78, 5) is 11.4. The van der Waals surface area contributed by atoms with E-state index in [1.165, 1.54) is 0 Å². The van der Waals surface area contributed by atoms with Gasteiger partial charge in [-0.25, -0.2) is 19.0 Å². The number of nitriles is 1. The Morgan fingerprint density at radius 1 is 1.39 bits per heavy atom. The van der Waals surface area contributed by atoms with Gasteiger partial charge in [0.05, 0.1) is 54.4 Å². The van der Waals surface area contributed by atoms with Crippen molar-refractivity contribution >= 4 is 23.0 Å². The van der Waals surface area contributed by atoms with Crippen molar-refractivity contribution in [2.45, 2.75) is 37.5 Å². The Morgan fingerprint density at radius 2 is 2.23 bits per heavy atom. The standard InChI is InChI=1S/C21H23ClFN7O/c1-25-21-19-12(7-24)2-3-16(19)27-18(28-21)6-13-8-26-30(20(13)22)17-4-5-29(9-15(17)23)14-10-31-11-14/h2,8,14-15,17H,3-6,9-11H2,1H3,(H,25,27,28)/t15-,17-/m0/s1. The summed E-state index contributed by atoms with van der Waals surface area (Å²) in [6.07, 6.45) is 4.14. The number of ether oxygens (including phenoxy) is 1. The third-order valence-corrected chi connectivity index (χ3v) is 6.71. The maximum absolute atomic E-state index is 15.0. The molecule has 10 heteroatoms. The molecule has 2 saturated heterocycles. The Hall–Kier alpha value is -2.54. The maximum Gasteiger partial charge on any atom is 0.138 e. The fourth-order valence-electron chi connectivity index (χ4n) is 4.51. The zero-order valence-corrected chi connectivity index (χ0v) is 17.9. The van der Waals surface area contributed by atoms with Crippen LogP contribution in [0.4, 0.5) is 10.2 Å². The van der Waals surface area contributed by atoms with Crippen LogP contribution in [0.5, 0.6) is 0 Å². The van der Waals surface area contributed by atoms with Crippen molar-refractivity contribution in [3.05, 3.63) is 40.1 Å². The zero-order valence-electron chi connectivity index (χ0n) is 17.2. The van der Waals surface area contributed by atoms with Gasteiger partial charge in [-0.3, -0.25) is 4.90 Å². The predicted molar refractivity (Wildman–Crippen MR) is 114 cm³/mol. The highest BCUT2D eigenvalue weighted by molar-refractivity contribution is 6.30. The number of alkyl halides is 1. The van der Waals surface area contributed by atoms with Gasteiger partial charge in [-0.2, -0.15) is 10.4 Å². The van der Waals surface area contributed by atoms with Crippen LogP contribution in [0.25, 0.3) is 5.57 Å².